The summed E-state index contributed by atoms with van der Waals surface area (Å²) < 4.78 is 0. The monoisotopic (exact) mass is 208 g/mol. The van der Waals surface area contributed by atoms with Gasteiger partial charge in [-0.2, -0.15) is 0 Å². The number of hydrogen-bond acceptors (Lipinski definition) is 4. The number of nitrogens with two attached hydrogens (primary N) is 1. The fourth-order valence-electron chi connectivity index (χ4n) is 1.15. The SMILES string of the molecule is CNC(=O)CCN(C)c1ccc(N)nc1. The van der Waals surface area contributed by atoms with E-state index in [1.807, 2.05) is 18.0 Å². The maximum atomic E-state index is 11.0. The summed E-state index contributed by atoms with van der Waals surface area (Å²) in [7, 11) is 3.54. The van der Waals surface area contributed by atoms with Gasteiger partial charge in [0.05, 0.1) is 11.9 Å². The second kappa shape index (κ2) is 5.19. The lowest BCUT2D eigenvalue weighted by atomic mass is 10.3. The quantitative estimate of drug-likeness (QED) is 0.743. The number of pyridine rings is 1. The summed E-state index contributed by atoms with van der Waals surface area (Å²) >= 11 is 0. The molecule has 1 amide bonds. The second-order valence-corrected chi connectivity index (χ2v) is 3.29. The minimum atomic E-state index is 0.0326. The van der Waals surface area contributed by atoms with Crippen LogP contribution in [0.1, 0.15) is 6.42 Å². The molecule has 0 bridgehead atoms. The van der Waals surface area contributed by atoms with Crippen LogP contribution in [0.15, 0.2) is 18.3 Å². The van der Waals surface area contributed by atoms with Crippen LogP contribution in [0.4, 0.5) is 11.5 Å². The predicted molar refractivity (Wildman–Crippen MR) is 60.6 cm³/mol. The van der Waals surface area contributed by atoms with Crippen LogP contribution in [0.5, 0.6) is 0 Å². The average Bonchev–Trinajstić information content (AvgIpc) is 2.26. The Balaban J connectivity index is 2.50. The molecular weight excluding hydrogens is 192 g/mol. The van der Waals surface area contributed by atoms with Crippen molar-refractivity contribution >= 4 is 17.4 Å². The number of hydrogen-bond donors (Lipinski definition) is 2. The van der Waals surface area contributed by atoms with Crippen molar-refractivity contribution in [2.45, 2.75) is 6.42 Å². The van der Waals surface area contributed by atoms with Crippen LogP contribution < -0.4 is 16.0 Å². The number of carbonyl (C=O) groups excluding carboxylic acids is 1. The van der Waals surface area contributed by atoms with Crippen LogP contribution in [0, 0.1) is 0 Å². The molecule has 0 radical (unpaired) electrons. The zero-order chi connectivity index (χ0) is 11.3. The van der Waals surface area contributed by atoms with E-state index in [9.17, 15) is 4.79 Å². The Morgan fingerprint density at radius 2 is 2.33 bits per heavy atom. The lowest BCUT2D eigenvalue weighted by molar-refractivity contribution is -0.120. The van der Waals surface area contributed by atoms with Gasteiger partial charge in [0, 0.05) is 27.1 Å². The van der Waals surface area contributed by atoms with E-state index in [0.29, 0.717) is 18.8 Å². The molecule has 1 aromatic heterocycles. The van der Waals surface area contributed by atoms with Crippen molar-refractivity contribution in [2.75, 3.05) is 31.3 Å². The van der Waals surface area contributed by atoms with Crippen molar-refractivity contribution in [1.29, 1.82) is 0 Å². The van der Waals surface area contributed by atoms with Crippen molar-refractivity contribution < 1.29 is 4.79 Å². The van der Waals surface area contributed by atoms with Crippen LogP contribution in [0.25, 0.3) is 0 Å². The summed E-state index contributed by atoms with van der Waals surface area (Å²) in [4.78, 5) is 17.0. The Hall–Kier alpha value is -1.78. The number of carbonyl (C=O) groups is 1. The first-order valence-electron chi connectivity index (χ1n) is 4.76. The summed E-state index contributed by atoms with van der Waals surface area (Å²) in [6.07, 6.45) is 2.16. The Morgan fingerprint density at radius 3 is 2.87 bits per heavy atom. The van der Waals surface area contributed by atoms with E-state index in [-0.39, 0.29) is 5.91 Å². The number of nitrogens with one attached hydrogen (secondary N) is 1. The molecule has 1 heterocycles. The first-order chi connectivity index (χ1) is 7.13. The molecule has 3 N–H and O–H groups in total. The summed E-state index contributed by atoms with van der Waals surface area (Å²) in [5.41, 5.74) is 6.43. The van der Waals surface area contributed by atoms with Crippen molar-refractivity contribution in [3.8, 4) is 0 Å². The molecule has 15 heavy (non-hydrogen) atoms. The van der Waals surface area contributed by atoms with E-state index in [1.165, 1.54) is 0 Å². The molecule has 1 rings (SSSR count). The molecular formula is C10H16N4O. The van der Waals surface area contributed by atoms with Crippen molar-refractivity contribution in [3.05, 3.63) is 18.3 Å². The van der Waals surface area contributed by atoms with Gasteiger partial charge in [-0.05, 0) is 12.1 Å². The molecule has 0 atom stereocenters. The van der Waals surface area contributed by atoms with Gasteiger partial charge < -0.3 is 16.0 Å². The van der Waals surface area contributed by atoms with Gasteiger partial charge >= 0.3 is 0 Å². The highest BCUT2D eigenvalue weighted by molar-refractivity contribution is 5.76. The highest BCUT2D eigenvalue weighted by atomic mass is 16.1. The Morgan fingerprint density at radius 1 is 1.60 bits per heavy atom. The van der Waals surface area contributed by atoms with E-state index in [2.05, 4.69) is 10.3 Å². The summed E-state index contributed by atoms with van der Waals surface area (Å²) in [5.74, 6) is 0.531. The van der Waals surface area contributed by atoms with E-state index in [0.717, 1.165) is 5.69 Å². The minimum absolute atomic E-state index is 0.0326. The molecule has 0 saturated carbocycles. The normalized spacial score (nSPS) is 9.73. The summed E-state index contributed by atoms with van der Waals surface area (Å²) in [6, 6.07) is 3.62. The molecule has 0 spiro atoms. The predicted octanol–water partition coefficient (Wildman–Crippen LogP) is 0.236. The number of amides is 1. The molecule has 82 valence electrons. The zero-order valence-electron chi connectivity index (χ0n) is 9.03. The van der Waals surface area contributed by atoms with Gasteiger partial charge in [-0.15, -0.1) is 0 Å². The summed E-state index contributed by atoms with van der Waals surface area (Å²) in [6.45, 7) is 0.658. The maximum Gasteiger partial charge on any atom is 0.221 e. The molecule has 0 aliphatic rings. The maximum absolute atomic E-state index is 11.0. The topological polar surface area (TPSA) is 71.2 Å². The van der Waals surface area contributed by atoms with Crippen LogP contribution in [0.2, 0.25) is 0 Å². The van der Waals surface area contributed by atoms with Gasteiger partial charge in [-0.25, -0.2) is 4.98 Å². The zero-order valence-corrected chi connectivity index (χ0v) is 9.03. The first kappa shape index (κ1) is 11.3. The standard InChI is InChI=1S/C10H16N4O/c1-12-10(15)5-6-14(2)8-3-4-9(11)13-7-8/h3-4,7H,5-6H2,1-2H3,(H2,11,13)(H,12,15). The number of nitrogen functional groups attached to an aromatic ring is 1. The number of aromatic nitrogens is 1. The van der Waals surface area contributed by atoms with Gasteiger partial charge in [0.25, 0.3) is 0 Å². The lowest BCUT2D eigenvalue weighted by Gasteiger charge is -2.18. The molecule has 0 fully saturated rings. The van der Waals surface area contributed by atoms with Gasteiger partial charge in [0.15, 0.2) is 0 Å². The van der Waals surface area contributed by atoms with Crippen molar-refractivity contribution in [2.24, 2.45) is 0 Å². The Labute approximate surface area is 89.3 Å². The molecule has 0 aliphatic carbocycles. The van der Waals surface area contributed by atoms with Gasteiger partial charge in [-0.3, -0.25) is 4.79 Å². The average molecular weight is 208 g/mol. The molecule has 0 aromatic carbocycles. The Kier molecular flexibility index (Phi) is 3.91. The van der Waals surface area contributed by atoms with Gasteiger partial charge in [0.2, 0.25) is 5.91 Å². The number of anilines is 2. The molecule has 0 saturated heterocycles. The van der Waals surface area contributed by atoms with E-state index in [1.54, 1.807) is 19.3 Å². The Bertz CT molecular complexity index is 323. The minimum Gasteiger partial charge on any atom is -0.384 e. The van der Waals surface area contributed by atoms with E-state index < -0.39 is 0 Å². The fourth-order valence-corrected chi connectivity index (χ4v) is 1.15. The highest BCUT2D eigenvalue weighted by Crippen LogP contribution is 2.11. The van der Waals surface area contributed by atoms with Gasteiger partial charge in [-0.1, -0.05) is 0 Å². The third kappa shape index (κ3) is 3.46. The fraction of sp³-hybridized carbons (Fsp3) is 0.400. The first-order valence-corrected chi connectivity index (χ1v) is 4.76. The second-order valence-electron chi connectivity index (χ2n) is 3.29. The number of nitrogens with zero attached hydrogens (tertiary/aromatic N) is 2. The molecule has 0 unspecified atom stereocenters. The molecule has 5 nitrogen and oxygen atoms in total. The van der Waals surface area contributed by atoms with Crippen LogP contribution >= 0.6 is 0 Å². The van der Waals surface area contributed by atoms with E-state index in [4.69, 9.17) is 5.73 Å². The largest absolute Gasteiger partial charge is 0.384 e. The lowest BCUT2D eigenvalue weighted by Crippen LogP contribution is -2.26. The molecule has 5 heteroatoms. The molecule has 1 aromatic rings. The molecule has 0 aliphatic heterocycles. The van der Waals surface area contributed by atoms with Crippen LogP contribution in [0.3, 0.4) is 0 Å². The van der Waals surface area contributed by atoms with E-state index >= 15 is 0 Å². The van der Waals surface area contributed by atoms with Crippen LogP contribution in [-0.2, 0) is 4.79 Å². The summed E-state index contributed by atoms with van der Waals surface area (Å²) in [5, 5.41) is 2.58. The van der Waals surface area contributed by atoms with Gasteiger partial charge in [0.1, 0.15) is 5.82 Å². The van der Waals surface area contributed by atoms with Crippen LogP contribution in [-0.4, -0.2) is 31.5 Å². The van der Waals surface area contributed by atoms with Crippen molar-refractivity contribution in [3.63, 3.8) is 0 Å². The third-order valence-electron chi connectivity index (χ3n) is 2.16. The smallest absolute Gasteiger partial charge is 0.221 e. The number of rotatable bonds is 4. The van der Waals surface area contributed by atoms with Crippen molar-refractivity contribution in [1.82, 2.24) is 10.3 Å². The highest BCUT2D eigenvalue weighted by Gasteiger charge is 2.03. The third-order valence-corrected chi connectivity index (χ3v) is 2.16.